The van der Waals surface area contributed by atoms with Gasteiger partial charge in [-0.15, -0.1) is 13.2 Å². The van der Waals surface area contributed by atoms with Gasteiger partial charge in [-0.3, -0.25) is 0 Å². The molecule has 196 valence electrons. The molecule has 1 aliphatic heterocycles. The number of ether oxygens (including phenoxy) is 2. The molecule has 0 bridgehead atoms. The Kier molecular flexibility index (Phi) is 8.13. The summed E-state index contributed by atoms with van der Waals surface area (Å²) in [5.74, 6) is -0.723. The van der Waals surface area contributed by atoms with Crippen LogP contribution in [0.25, 0.3) is 5.57 Å². The number of hydrogen-bond acceptors (Lipinski definition) is 6. The Bertz CT molecular complexity index is 1210. The summed E-state index contributed by atoms with van der Waals surface area (Å²) in [6.07, 6.45) is -8.68. The summed E-state index contributed by atoms with van der Waals surface area (Å²) in [5.41, 5.74) is 0.940. The van der Waals surface area contributed by atoms with E-state index in [9.17, 15) is 39.6 Å². The molecular weight excluding hydrogens is 520 g/mol. The van der Waals surface area contributed by atoms with Crippen LogP contribution in [-0.2, 0) is 10.0 Å². The van der Waals surface area contributed by atoms with Gasteiger partial charge in [0, 0.05) is 31.4 Å². The Morgan fingerprint density at radius 1 is 1.08 bits per heavy atom. The second-order valence-corrected chi connectivity index (χ2v) is 9.34. The molecule has 36 heavy (non-hydrogen) atoms. The number of benzene rings is 1. The fraction of sp³-hybridized carbons (Fsp3) is 0.333. The molecule has 15 heteroatoms. The number of hydrogen-bond donors (Lipinski definition) is 1. The standard InChI is InChI=1S/C21H19F6N3O5S/c22-20(23,24)9-11-29-19(31)34-18-17(2-1-10-28-18)14-7-12-30(13-8-14)36(32,33)16-5-3-15(4-6-16)35-21(25,26)27/h1-7,10H,8-9,11-13H2,(H,29,31). The summed E-state index contributed by atoms with van der Waals surface area (Å²) in [7, 11) is -4.03. The molecular formula is C21H19F6N3O5S. The van der Waals surface area contributed by atoms with E-state index in [-0.39, 0.29) is 30.3 Å². The molecule has 1 amide bonds. The van der Waals surface area contributed by atoms with Gasteiger partial charge in [-0.1, -0.05) is 6.08 Å². The Balaban J connectivity index is 1.67. The predicted molar refractivity (Wildman–Crippen MR) is 113 cm³/mol. The number of nitrogens with one attached hydrogen (secondary N) is 1. The van der Waals surface area contributed by atoms with E-state index in [4.69, 9.17) is 4.74 Å². The van der Waals surface area contributed by atoms with Crippen LogP contribution >= 0.6 is 0 Å². The van der Waals surface area contributed by atoms with E-state index >= 15 is 0 Å². The first-order valence-corrected chi connectivity index (χ1v) is 11.7. The molecule has 0 saturated heterocycles. The average Bonchev–Trinajstić information content (AvgIpc) is 2.78. The maximum absolute atomic E-state index is 12.9. The molecule has 2 aromatic rings. The Hall–Kier alpha value is -3.33. The lowest BCUT2D eigenvalue weighted by Crippen LogP contribution is -2.34. The van der Waals surface area contributed by atoms with Gasteiger partial charge < -0.3 is 14.8 Å². The van der Waals surface area contributed by atoms with Crippen molar-refractivity contribution in [2.75, 3.05) is 19.6 Å². The minimum absolute atomic E-state index is 0.00107. The summed E-state index contributed by atoms with van der Waals surface area (Å²) >= 11 is 0. The van der Waals surface area contributed by atoms with Crippen molar-refractivity contribution in [3.05, 3.63) is 54.2 Å². The number of rotatable bonds is 7. The summed E-state index contributed by atoms with van der Waals surface area (Å²) in [6, 6.07) is 6.88. The highest BCUT2D eigenvalue weighted by Gasteiger charge is 2.32. The van der Waals surface area contributed by atoms with Gasteiger partial charge in [0.1, 0.15) is 5.75 Å². The highest BCUT2D eigenvalue weighted by molar-refractivity contribution is 7.89. The number of halogens is 6. The second-order valence-electron chi connectivity index (χ2n) is 7.40. The number of amides is 1. The van der Waals surface area contributed by atoms with Crippen LogP contribution in [0.15, 0.2) is 53.6 Å². The number of pyridine rings is 1. The Morgan fingerprint density at radius 3 is 2.36 bits per heavy atom. The van der Waals surface area contributed by atoms with Gasteiger partial charge in [0.25, 0.3) is 0 Å². The van der Waals surface area contributed by atoms with E-state index in [0.717, 1.165) is 28.6 Å². The number of carbonyl (C=O) groups is 1. The predicted octanol–water partition coefficient (Wildman–Crippen LogP) is 4.50. The zero-order chi connectivity index (χ0) is 26.6. The fourth-order valence-electron chi connectivity index (χ4n) is 3.22. The molecule has 1 aromatic heterocycles. The lowest BCUT2D eigenvalue weighted by atomic mass is 10.0. The molecule has 0 spiro atoms. The first-order chi connectivity index (χ1) is 16.7. The van der Waals surface area contributed by atoms with Crippen LogP contribution in [0, 0.1) is 0 Å². The van der Waals surface area contributed by atoms with Gasteiger partial charge >= 0.3 is 18.6 Å². The Morgan fingerprint density at radius 2 is 1.78 bits per heavy atom. The molecule has 0 radical (unpaired) electrons. The smallest absolute Gasteiger partial charge is 0.406 e. The molecule has 1 aliphatic rings. The van der Waals surface area contributed by atoms with Crippen LogP contribution in [-0.4, -0.2) is 56.0 Å². The first kappa shape index (κ1) is 27.3. The van der Waals surface area contributed by atoms with Gasteiger partial charge in [-0.2, -0.15) is 17.5 Å². The van der Waals surface area contributed by atoms with Crippen molar-refractivity contribution in [2.45, 2.75) is 30.3 Å². The first-order valence-electron chi connectivity index (χ1n) is 10.3. The normalized spacial score (nSPS) is 15.2. The third-order valence-electron chi connectivity index (χ3n) is 4.85. The number of aromatic nitrogens is 1. The van der Waals surface area contributed by atoms with Crippen LogP contribution < -0.4 is 14.8 Å². The third-order valence-corrected chi connectivity index (χ3v) is 6.73. The minimum Gasteiger partial charge on any atom is -0.406 e. The number of nitrogens with zero attached hydrogens (tertiary/aromatic N) is 2. The summed E-state index contributed by atoms with van der Waals surface area (Å²) in [6.45, 7) is -0.769. The molecule has 0 fully saturated rings. The second kappa shape index (κ2) is 10.7. The van der Waals surface area contributed by atoms with E-state index < -0.39 is 47.4 Å². The van der Waals surface area contributed by atoms with Crippen molar-refractivity contribution in [1.82, 2.24) is 14.6 Å². The molecule has 8 nitrogen and oxygen atoms in total. The van der Waals surface area contributed by atoms with Crippen molar-refractivity contribution >= 4 is 21.7 Å². The van der Waals surface area contributed by atoms with Crippen molar-refractivity contribution in [2.24, 2.45) is 0 Å². The van der Waals surface area contributed by atoms with Gasteiger partial charge in [-0.25, -0.2) is 18.2 Å². The maximum Gasteiger partial charge on any atom is 0.573 e. The molecule has 2 heterocycles. The van der Waals surface area contributed by atoms with Crippen LogP contribution in [0.1, 0.15) is 18.4 Å². The van der Waals surface area contributed by atoms with Crippen LogP contribution in [0.5, 0.6) is 11.6 Å². The molecule has 0 atom stereocenters. The zero-order valence-corrected chi connectivity index (χ0v) is 19.1. The zero-order valence-electron chi connectivity index (χ0n) is 18.3. The largest absolute Gasteiger partial charge is 0.573 e. The summed E-state index contributed by atoms with van der Waals surface area (Å²) in [5, 5.41) is 1.98. The highest BCUT2D eigenvalue weighted by atomic mass is 32.2. The van der Waals surface area contributed by atoms with Crippen molar-refractivity contribution in [3.63, 3.8) is 0 Å². The SMILES string of the molecule is O=C(NCCC(F)(F)F)Oc1ncccc1C1=CCN(S(=O)(=O)c2ccc(OC(F)(F)F)cc2)CC1. The van der Waals surface area contributed by atoms with Crippen LogP contribution in [0.3, 0.4) is 0 Å². The van der Waals surface area contributed by atoms with Gasteiger partial charge in [0.15, 0.2) is 0 Å². The van der Waals surface area contributed by atoms with Gasteiger partial charge in [-0.05, 0) is 48.4 Å². The maximum atomic E-state index is 12.9. The van der Waals surface area contributed by atoms with E-state index in [1.54, 1.807) is 12.1 Å². The minimum atomic E-state index is -4.91. The Labute approximate surface area is 201 Å². The fourth-order valence-corrected chi connectivity index (χ4v) is 4.60. The number of sulfonamides is 1. The van der Waals surface area contributed by atoms with E-state index in [0.29, 0.717) is 11.1 Å². The van der Waals surface area contributed by atoms with Crippen molar-refractivity contribution in [1.29, 1.82) is 0 Å². The number of alkyl halides is 6. The summed E-state index contributed by atoms with van der Waals surface area (Å²) in [4.78, 5) is 15.6. The number of carbonyl (C=O) groups excluding carboxylic acids is 1. The van der Waals surface area contributed by atoms with Crippen molar-refractivity contribution < 1.29 is 49.0 Å². The third kappa shape index (κ3) is 7.58. The molecule has 1 N–H and O–H groups in total. The monoisotopic (exact) mass is 539 g/mol. The quantitative estimate of drug-likeness (QED) is 0.521. The van der Waals surface area contributed by atoms with E-state index in [1.165, 1.54) is 12.3 Å². The average molecular weight is 539 g/mol. The lowest BCUT2D eigenvalue weighted by Gasteiger charge is -2.26. The lowest BCUT2D eigenvalue weighted by molar-refractivity contribution is -0.274. The van der Waals surface area contributed by atoms with Crippen LogP contribution in [0.2, 0.25) is 0 Å². The molecule has 0 aliphatic carbocycles. The molecule has 0 unspecified atom stereocenters. The van der Waals surface area contributed by atoms with Crippen LogP contribution in [0.4, 0.5) is 31.1 Å². The summed E-state index contributed by atoms with van der Waals surface area (Å²) < 4.78 is 109. The molecule has 3 rings (SSSR count). The van der Waals surface area contributed by atoms with E-state index in [1.807, 2.05) is 5.32 Å². The van der Waals surface area contributed by atoms with E-state index in [2.05, 4.69) is 9.72 Å². The topological polar surface area (TPSA) is 97.8 Å². The van der Waals surface area contributed by atoms with Gasteiger partial charge in [0.05, 0.1) is 11.3 Å². The van der Waals surface area contributed by atoms with Crippen molar-refractivity contribution in [3.8, 4) is 11.6 Å². The van der Waals surface area contributed by atoms with Gasteiger partial charge in [0.2, 0.25) is 15.9 Å². The molecule has 0 saturated carbocycles. The highest BCUT2D eigenvalue weighted by Crippen LogP contribution is 2.31. The molecule has 1 aromatic carbocycles.